The van der Waals surface area contributed by atoms with Crippen LogP contribution in [0.4, 0.5) is 24.7 Å². The molecule has 4 N–H and O–H groups in total. The predicted octanol–water partition coefficient (Wildman–Crippen LogP) is 3.78. The fraction of sp³-hybridized carbons (Fsp3) is 0.286. The highest BCUT2D eigenvalue weighted by atomic mass is 19.4. The third-order valence-electron chi connectivity index (χ3n) is 6.45. The number of nitrogens with zero attached hydrogens (tertiary/aromatic N) is 4. The van der Waals surface area contributed by atoms with Gasteiger partial charge in [-0.1, -0.05) is 18.1 Å². The zero-order chi connectivity index (χ0) is 28.2. The molecule has 39 heavy (non-hydrogen) atoms. The lowest BCUT2D eigenvalue weighted by Gasteiger charge is -2.33. The smallest absolute Gasteiger partial charge is 0.382 e. The second-order valence-corrected chi connectivity index (χ2v) is 9.35. The first-order valence-corrected chi connectivity index (χ1v) is 12.2. The summed E-state index contributed by atoms with van der Waals surface area (Å²) in [5.74, 6) is 5.33. The number of hydrogen-bond acceptors (Lipinski definition) is 7. The van der Waals surface area contributed by atoms with E-state index in [1.54, 1.807) is 18.2 Å². The molecule has 11 heteroatoms. The largest absolute Gasteiger partial charge is 0.416 e. The molecule has 1 aliphatic rings. The van der Waals surface area contributed by atoms with E-state index in [9.17, 15) is 18.0 Å². The maximum Gasteiger partial charge on any atom is 0.416 e. The van der Waals surface area contributed by atoms with Crippen LogP contribution in [-0.4, -0.2) is 65.1 Å². The Bertz CT molecular complexity index is 1450. The molecule has 0 saturated carbocycles. The summed E-state index contributed by atoms with van der Waals surface area (Å²) in [6.45, 7) is 5.00. The topological polar surface area (TPSA) is 111 Å². The van der Waals surface area contributed by atoms with Gasteiger partial charge in [-0.15, -0.1) is 0 Å². The number of nitrogens with two attached hydrogens (primary N) is 1. The van der Waals surface area contributed by atoms with Gasteiger partial charge < -0.3 is 21.4 Å². The molecule has 0 aliphatic carbocycles. The molecule has 3 aromatic rings. The van der Waals surface area contributed by atoms with Crippen molar-refractivity contribution in [1.29, 1.82) is 5.41 Å². The van der Waals surface area contributed by atoms with Crippen molar-refractivity contribution >= 4 is 23.6 Å². The minimum atomic E-state index is -4.56. The molecule has 0 bridgehead atoms. The zero-order valence-corrected chi connectivity index (χ0v) is 21.6. The van der Waals surface area contributed by atoms with Crippen LogP contribution in [0.5, 0.6) is 0 Å². The van der Waals surface area contributed by atoms with Crippen LogP contribution in [0.25, 0.3) is 0 Å². The van der Waals surface area contributed by atoms with Crippen molar-refractivity contribution in [2.24, 2.45) is 0 Å². The van der Waals surface area contributed by atoms with E-state index in [0.717, 1.165) is 30.9 Å². The fourth-order valence-corrected chi connectivity index (χ4v) is 4.11. The van der Waals surface area contributed by atoms with E-state index in [1.807, 2.05) is 18.9 Å². The lowest BCUT2D eigenvalue weighted by Crippen LogP contribution is -2.44. The van der Waals surface area contributed by atoms with Crippen LogP contribution in [-0.2, 0) is 12.7 Å². The average Bonchev–Trinajstić information content (AvgIpc) is 2.90. The number of nitrogen functional groups attached to an aromatic ring is 1. The van der Waals surface area contributed by atoms with Gasteiger partial charge in [0.1, 0.15) is 11.4 Å². The zero-order valence-electron chi connectivity index (χ0n) is 21.6. The van der Waals surface area contributed by atoms with Gasteiger partial charge in [0.05, 0.1) is 11.8 Å². The molecule has 1 aromatic heterocycles. The first kappa shape index (κ1) is 27.8. The minimum absolute atomic E-state index is 0.0546. The maximum absolute atomic E-state index is 13.9. The summed E-state index contributed by atoms with van der Waals surface area (Å²) in [6, 6.07) is 8.76. The van der Waals surface area contributed by atoms with Gasteiger partial charge in [-0.3, -0.25) is 9.69 Å². The number of benzene rings is 2. The second kappa shape index (κ2) is 11.6. The van der Waals surface area contributed by atoms with Gasteiger partial charge in [0.25, 0.3) is 5.91 Å². The fourth-order valence-electron chi connectivity index (χ4n) is 4.11. The lowest BCUT2D eigenvalue weighted by molar-refractivity contribution is -0.138. The number of likely N-dealkylation sites (N-methyl/N-ethyl adjacent to an activating group) is 1. The molecule has 0 radical (unpaired) electrons. The van der Waals surface area contributed by atoms with Crippen molar-refractivity contribution in [2.75, 3.05) is 44.3 Å². The Balaban J connectivity index is 1.53. The van der Waals surface area contributed by atoms with E-state index in [1.165, 1.54) is 18.3 Å². The van der Waals surface area contributed by atoms with Gasteiger partial charge in [0.2, 0.25) is 0 Å². The van der Waals surface area contributed by atoms with Gasteiger partial charge in [-0.25, -0.2) is 9.97 Å². The molecule has 2 aromatic carbocycles. The number of carbonyl (C=O) groups excluding carboxylic acids is 1. The van der Waals surface area contributed by atoms with Crippen LogP contribution in [0.3, 0.4) is 0 Å². The highest BCUT2D eigenvalue weighted by Crippen LogP contribution is 2.34. The Hall–Kier alpha value is -4.27. The van der Waals surface area contributed by atoms with E-state index in [-0.39, 0.29) is 34.9 Å². The number of piperazine rings is 1. The van der Waals surface area contributed by atoms with Gasteiger partial charge in [0.15, 0.2) is 5.82 Å². The third-order valence-corrected chi connectivity index (χ3v) is 6.45. The predicted molar refractivity (Wildman–Crippen MR) is 144 cm³/mol. The van der Waals surface area contributed by atoms with Gasteiger partial charge in [-0.2, -0.15) is 13.2 Å². The monoisotopic (exact) mass is 535 g/mol. The minimum Gasteiger partial charge on any atom is -0.382 e. The van der Waals surface area contributed by atoms with Crippen LogP contribution in [0.2, 0.25) is 0 Å². The second-order valence-electron chi connectivity index (χ2n) is 9.35. The van der Waals surface area contributed by atoms with Crippen LogP contribution in [0.15, 0.2) is 42.6 Å². The van der Waals surface area contributed by atoms with E-state index >= 15 is 0 Å². The molecule has 2 heterocycles. The molecule has 1 saturated heterocycles. The summed E-state index contributed by atoms with van der Waals surface area (Å²) < 4.78 is 41.7. The molecule has 202 valence electrons. The maximum atomic E-state index is 13.9. The Morgan fingerprint density at radius 2 is 1.90 bits per heavy atom. The number of alkyl halides is 3. The Morgan fingerprint density at radius 3 is 2.59 bits per heavy atom. The summed E-state index contributed by atoms with van der Waals surface area (Å²) in [6.07, 6.45) is -2.20. The SMILES string of the molecule is Cc1ccc(C(=O)Nc2ccc(CN3CCN(C)CC3)c(C(F)(F)F)c2)cc1C#Cc1cnc(N)c(C=N)n1. The highest BCUT2D eigenvalue weighted by Gasteiger charge is 2.34. The standard InChI is InChI=1S/C28H28F3N7O/c1-18-3-4-20(13-19(18)5-8-23-16-34-26(33)25(15-32)35-23)27(39)36-22-7-6-21(24(14-22)28(29,30)31)17-38-11-9-37(2)10-12-38/h3-4,6-7,13-16,32H,9-12,17H2,1-2H3,(H2,33,34)(H,36,39). The normalized spacial score (nSPS) is 14.4. The number of aryl methyl sites for hydroxylation is 1. The Kier molecular flexibility index (Phi) is 8.28. The summed E-state index contributed by atoms with van der Waals surface area (Å²) in [4.78, 5) is 25.2. The first-order valence-electron chi connectivity index (χ1n) is 12.2. The van der Waals surface area contributed by atoms with Gasteiger partial charge in [-0.05, 0) is 55.3 Å². The van der Waals surface area contributed by atoms with E-state index in [2.05, 4.69) is 32.0 Å². The summed E-state index contributed by atoms with van der Waals surface area (Å²) >= 11 is 0. The third kappa shape index (κ3) is 6.98. The van der Waals surface area contributed by atoms with E-state index < -0.39 is 17.6 Å². The quantitative estimate of drug-likeness (QED) is 0.339. The van der Waals surface area contributed by atoms with Crippen LogP contribution < -0.4 is 11.1 Å². The highest BCUT2D eigenvalue weighted by molar-refractivity contribution is 6.04. The molecular weight excluding hydrogens is 507 g/mol. The number of amides is 1. The number of nitrogens with one attached hydrogen (secondary N) is 2. The summed E-state index contributed by atoms with van der Waals surface area (Å²) in [5.41, 5.74) is 7.19. The molecule has 4 rings (SSSR count). The average molecular weight is 536 g/mol. The van der Waals surface area contributed by atoms with Crippen molar-refractivity contribution < 1.29 is 18.0 Å². The summed E-state index contributed by atoms with van der Waals surface area (Å²) in [7, 11) is 1.99. The van der Waals surface area contributed by atoms with Crippen molar-refractivity contribution in [3.8, 4) is 11.8 Å². The number of anilines is 2. The lowest BCUT2D eigenvalue weighted by atomic mass is 10.0. The van der Waals surface area contributed by atoms with Crippen molar-refractivity contribution in [2.45, 2.75) is 19.6 Å². The Labute approximate surface area is 224 Å². The number of halogens is 3. The van der Waals surface area contributed by atoms with Crippen molar-refractivity contribution in [1.82, 2.24) is 19.8 Å². The molecular formula is C28H28F3N7O. The van der Waals surface area contributed by atoms with Crippen LogP contribution in [0, 0.1) is 24.2 Å². The van der Waals surface area contributed by atoms with Crippen LogP contribution in [0.1, 0.15) is 44.0 Å². The van der Waals surface area contributed by atoms with Crippen molar-refractivity contribution in [3.63, 3.8) is 0 Å². The van der Waals surface area contributed by atoms with E-state index in [4.69, 9.17) is 11.1 Å². The first-order chi connectivity index (χ1) is 18.5. The molecule has 1 aliphatic heterocycles. The van der Waals surface area contributed by atoms with Crippen LogP contribution >= 0.6 is 0 Å². The number of aromatic nitrogens is 2. The molecule has 1 fully saturated rings. The molecule has 8 nitrogen and oxygen atoms in total. The van der Waals surface area contributed by atoms with E-state index in [0.29, 0.717) is 24.3 Å². The van der Waals surface area contributed by atoms with Crippen molar-refractivity contribution in [3.05, 3.63) is 81.8 Å². The Morgan fingerprint density at radius 1 is 1.15 bits per heavy atom. The number of hydrogen-bond donors (Lipinski definition) is 3. The molecule has 0 spiro atoms. The number of carbonyl (C=O) groups is 1. The van der Waals surface area contributed by atoms with Gasteiger partial charge in [0, 0.05) is 55.8 Å². The summed E-state index contributed by atoms with van der Waals surface area (Å²) in [5, 5.41) is 9.92. The molecule has 0 atom stereocenters. The van der Waals surface area contributed by atoms with Gasteiger partial charge >= 0.3 is 6.18 Å². The molecule has 1 amide bonds. The molecule has 0 unspecified atom stereocenters. The number of rotatable bonds is 5.